The Labute approximate surface area is 224 Å². The largest absolute Gasteiger partial charge is 0.422 e. The number of H-pyrrole nitrogens is 1. The van der Waals surface area contributed by atoms with Crippen molar-refractivity contribution in [2.45, 2.75) is 13.8 Å². The highest BCUT2D eigenvalue weighted by Gasteiger charge is 2.20. The molecule has 2 N–H and O–H groups in total. The number of carbonyl (C=O) groups is 2. The van der Waals surface area contributed by atoms with E-state index in [4.69, 9.17) is 16.3 Å². The van der Waals surface area contributed by atoms with Crippen molar-refractivity contribution in [3.8, 4) is 16.9 Å². The maximum Gasteiger partial charge on any atom is 0.343 e. The molecular weight excluding hydrogens is 498 g/mol. The summed E-state index contributed by atoms with van der Waals surface area (Å²) >= 11 is 5.90. The summed E-state index contributed by atoms with van der Waals surface area (Å²) < 4.78 is 5.56. The average molecular weight is 522 g/mol. The maximum absolute atomic E-state index is 13.3. The van der Waals surface area contributed by atoms with E-state index in [1.807, 2.05) is 44.2 Å². The lowest BCUT2D eigenvalue weighted by Crippen LogP contribution is -2.19. The first-order chi connectivity index (χ1) is 18.4. The monoisotopic (exact) mass is 521 g/mol. The first-order valence-electron chi connectivity index (χ1n) is 12.0. The molecule has 0 atom stereocenters. The number of ether oxygens (including phenoxy) is 1. The molecule has 7 heteroatoms. The minimum atomic E-state index is -0.525. The van der Waals surface area contributed by atoms with Gasteiger partial charge in [-0.1, -0.05) is 65.7 Å². The van der Waals surface area contributed by atoms with Crippen LogP contribution in [0.5, 0.6) is 5.75 Å². The van der Waals surface area contributed by atoms with Gasteiger partial charge in [0.1, 0.15) is 11.4 Å². The number of hydrazone groups is 1. The number of carbonyl (C=O) groups excluding carboxylic acids is 2. The van der Waals surface area contributed by atoms with E-state index in [9.17, 15) is 9.59 Å². The molecule has 0 saturated carbocycles. The van der Waals surface area contributed by atoms with Gasteiger partial charge >= 0.3 is 5.97 Å². The Kier molecular flexibility index (Phi) is 7.07. The Morgan fingerprint density at radius 1 is 0.921 bits per heavy atom. The quantitative estimate of drug-likeness (QED) is 0.108. The van der Waals surface area contributed by atoms with E-state index in [2.05, 4.69) is 27.6 Å². The van der Waals surface area contributed by atoms with Crippen molar-refractivity contribution in [3.05, 3.63) is 124 Å². The van der Waals surface area contributed by atoms with Gasteiger partial charge in [0.2, 0.25) is 0 Å². The fourth-order valence-corrected chi connectivity index (χ4v) is 4.50. The number of para-hydroxylation sites is 1. The van der Waals surface area contributed by atoms with Crippen molar-refractivity contribution in [3.63, 3.8) is 0 Å². The van der Waals surface area contributed by atoms with Crippen LogP contribution in [0.1, 0.15) is 37.5 Å². The lowest BCUT2D eigenvalue weighted by atomic mass is 9.99. The van der Waals surface area contributed by atoms with Crippen molar-refractivity contribution in [2.24, 2.45) is 5.10 Å². The fraction of sp³-hybridized carbons (Fsp3) is 0.0645. The summed E-state index contributed by atoms with van der Waals surface area (Å²) in [5.74, 6) is -0.598. The van der Waals surface area contributed by atoms with E-state index in [-0.39, 0.29) is 5.91 Å². The molecule has 6 nitrogen and oxygen atoms in total. The number of aromatic amines is 1. The van der Waals surface area contributed by atoms with Gasteiger partial charge in [0, 0.05) is 27.1 Å². The summed E-state index contributed by atoms with van der Waals surface area (Å²) in [6.45, 7) is 4.05. The molecule has 5 rings (SSSR count). The first-order valence-corrected chi connectivity index (χ1v) is 12.4. The molecule has 1 aromatic heterocycles. The molecule has 0 unspecified atom stereocenters. The van der Waals surface area contributed by atoms with E-state index < -0.39 is 5.97 Å². The number of benzene rings is 4. The Morgan fingerprint density at radius 3 is 2.39 bits per heavy atom. The number of halogens is 1. The van der Waals surface area contributed by atoms with Gasteiger partial charge in [0.25, 0.3) is 5.91 Å². The molecule has 0 aliphatic rings. The van der Waals surface area contributed by atoms with Crippen LogP contribution in [0, 0.1) is 13.8 Å². The predicted molar refractivity (Wildman–Crippen MR) is 151 cm³/mol. The molecule has 0 saturated heterocycles. The van der Waals surface area contributed by atoms with Crippen LogP contribution in [0.2, 0.25) is 5.02 Å². The molecule has 0 fully saturated rings. The second-order valence-electron chi connectivity index (χ2n) is 8.88. The third-order valence-electron chi connectivity index (χ3n) is 6.11. The van der Waals surface area contributed by atoms with E-state index in [0.717, 1.165) is 33.2 Å². The number of hydrogen-bond acceptors (Lipinski definition) is 4. The highest BCUT2D eigenvalue weighted by atomic mass is 35.5. The maximum atomic E-state index is 13.3. The molecule has 188 valence electrons. The van der Waals surface area contributed by atoms with Crippen LogP contribution in [0.4, 0.5) is 0 Å². The summed E-state index contributed by atoms with van der Waals surface area (Å²) in [5.41, 5.74) is 8.74. The van der Waals surface area contributed by atoms with Crippen LogP contribution in [0.25, 0.3) is 22.0 Å². The lowest BCUT2D eigenvalue weighted by molar-refractivity contribution is 0.0734. The Bertz CT molecular complexity index is 1670. The Hall–Kier alpha value is -4.68. The molecule has 0 aliphatic carbocycles. The van der Waals surface area contributed by atoms with E-state index in [0.29, 0.717) is 27.6 Å². The van der Waals surface area contributed by atoms with Crippen molar-refractivity contribution >= 4 is 40.6 Å². The van der Waals surface area contributed by atoms with Crippen molar-refractivity contribution in [1.29, 1.82) is 0 Å². The zero-order valence-electron chi connectivity index (χ0n) is 20.8. The van der Waals surface area contributed by atoms with E-state index in [1.165, 1.54) is 6.21 Å². The van der Waals surface area contributed by atoms with Gasteiger partial charge in [-0.25, -0.2) is 10.2 Å². The van der Waals surface area contributed by atoms with Crippen molar-refractivity contribution in [2.75, 3.05) is 0 Å². The summed E-state index contributed by atoms with van der Waals surface area (Å²) in [6.07, 6.45) is 1.45. The van der Waals surface area contributed by atoms with Crippen LogP contribution < -0.4 is 10.2 Å². The highest BCUT2D eigenvalue weighted by molar-refractivity contribution is 6.30. The van der Waals surface area contributed by atoms with Gasteiger partial charge in [0.15, 0.2) is 0 Å². The second kappa shape index (κ2) is 10.7. The van der Waals surface area contributed by atoms with Gasteiger partial charge in [-0.3, -0.25) is 4.79 Å². The van der Waals surface area contributed by atoms with Crippen LogP contribution in [-0.4, -0.2) is 23.1 Å². The third kappa shape index (κ3) is 5.21. The molecule has 0 radical (unpaired) electrons. The lowest BCUT2D eigenvalue weighted by Gasteiger charge is -2.07. The van der Waals surface area contributed by atoms with Crippen LogP contribution in [0.3, 0.4) is 0 Å². The SMILES string of the molecule is Cc1cc(C)c2[nH]c(C(=O)NN=Cc3ccccc3OC(=O)c3ccc(Cl)cc3)c(-c3ccccc3)c2c1. The van der Waals surface area contributed by atoms with E-state index >= 15 is 0 Å². The number of nitrogens with zero attached hydrogens (tertiary/aromatic N) is 1. The fourth-order valence-electron chi connectivity index (χ4n) is 4.37. The number of amides is 1. The number of aryl methyl sites for hydroxylation is 2. The zero-order chi connectivity index (χ0) is 26.6. The van der Waals surface area contributed by atoms with Crippen molar-refractivity contribution in [1.82, 2.24) is 10.4 Å². The number of nitrogens with one attached hydrogen (secondary N) is 2. The van der Waals surface area contributed by atoms with Gasteiger partial charge in [-0.15, -0.1) is 0 Å². The molecule has 38 heavy (non-hydrogen) atoms. The molecule has 0 bridgehead atoms. The third-order valence-corrected chi connectivity index (χ3v) is 6.36. The number of fused-ring (bicyclic) bond motifs is 1. The average Bonchev–Trinajstić information content (AvgIpc) is 3.30. The standard InChI is InChI=1S/C31H24ClN3O3/c1-19-16-20(2)28-25(17-19)27(21-8-4-3-5-9-21)29(34-28)30(36)35-33-18-23-10-6-7-11-26(23)38-31(37)22-12-14-24(32)15-13-22/h3-18,34H,1-2H3,(H,35,36). The van der Waals surface area contributed by atoms with Crippen LogP contribution in [-0.2, 0) is 0 Å². The Balaban J connectivity index is 1.41. The molecule has 0 aliphatic heterocycles. The molecule has 1 amide bonds. The van der Waals surface area contributed by atoms with Gasteiger partial charge < -0.3 is 9.72 Å². The Morgan fingerprint density at radius 2 is 1.63 bits per heavy atom. The van der Waals surface area contributed by atoms with Gasteiger partial charge in [0.05, 0.1) is 11.8 Å². The predicted octanol–water partition coefficient (Wildman–Crippen LogP) is 7.09. The van der Waals surface area contributed by atoms with Crippen molar-refractivity contribution < 1.29 is 14.3 Å². The highest BCUT2D eigenvalue weighted by Crippen LogP contribution is 2.34. The van der Waals surface area contributed by atoms with Crippen LogP contribution in [0.15, 0.2) is 96.1 Å². The molecular formula is C31H24ClN3O3. The minimum Gasteiger partial charge on any atom is -0.422 e. The zero-order valence-corrected chi connectivity index (χ0v) is 21.5. The molecule has 1 heterocycles. The molecule has 4 aromatic carbocycles. The normalized spacial score (nSPS) is 11.1. The summed E-state index contributed by atoms with van der Waals surface area (Å²) in [5, 5.41) is 5.66. The minimum absolute atomic E-state index is 0.312. The van der Waals surface area contributed by atoms with E-state index in [1.54, 1.807) is 48.5 Å². The molecule has 0 spiro atoms. The summed E-state index contributed by atoms with van der Waals surface area (Å²) in [4.78, 5) is 29.2. The first kappa shape index (κ1) is 25.0. The molecule has 5 aromatic rings. The smallest absolute Gasteiger partial charge is 0.343 e. The topological polar surface area (TPSA) is 83.6 Å². The number of esters is 1. The number of rotatable bonds is 6. The number of aromatic nitrogens is 1. The van der Waals surface area contributed by atoms with Gasteiger partial charge in [-0.2, -0.15) is 5.10 Å². The summed E-state index contributed by atoms with van der Waals surface area (Å²) in [7, 11) is 0. The van der Waals surface area contributed by atoms with Gasteiger partial charge in [-0.05, 0) is 67.4 Å². The van der Waals surface area contributed by atoms with Crippen LogP contribution >= 0.6 is 11.6 Å². The second-order valence-corrected chi connectivity index (χ2v) is 9.32. The summed E-state index contributed by atoms with van der Waals surface area (Å²) in [6, 6.07) is 27.3. The number of hydrogen-bond donors (Lipinski definition) is 2.